The first-order valence-electron chi connectivity index (χ1n) is 17.9. The Morgan fingerprint density at radius 2 is 0.870 bits per heavy atom. The molecule has 6 heteroatoms. The van der Waals surface area contributed by atoms with Crippen LogP contribution in [0.5, 0.6) is 11.5 Å². The molecule has 0 N–H and O–H groups in total. The van der Waals surface area contributed by atoms with E-state index in [0.29, 0.717) is 13.2 Å². The molecular formula is C40H52N2O2S2. The Hall–Kier alpha value is -2.96. The molecule has 0 bridgehead atoms. The van der Waals surface area contributed by atoms with E-state index in [0.717, 1.165) is 67.3 Å². The second kappa shape index (κ2) is 19.0. The minimum Gasteiger partial charge on any atom is -0.489 e. The predicted molar refractivity (Wildman–Crippen MR) is 200 cm³/mol. The molecule has 246 valence electrons. The molecule has 3 heterocycles. The third-order valence-corrected chi connectivity index (χ3v) is 10.5. The van der Waals surface area contributed by atoms with Crippen molar-refractivity contribution in [1.29, 1.82) is 0 Å². The molecular weight excluding hydrogens is 605 g/mol. The standard InChI is InChI=1S/C40H52N2O2S2/c1-3-5-7-9-11-13-15-19-27-43-39-35(33-25-21-29-45-33)37-38(42-32-24-18-17-23-31(32)41-37)36(34-26-22-30-46-34)40(39)44-28-20-16-14-12-10-8-6-4-2/h17-18,21-26,29-30H,3-16,19-20,27-28H2,1-2H3. The van der Waals surface area contributed by atoms with Crippen LogP contribution in [0.1, 0.15) is 117 Å². The van der Waals surface area contributed by atoms with Gasteiger partial charge < -0.3 is 9.47 Å². The molecule has 0 fully saturated rings. The average Bonchev–Trinajstić information content (AvgIpc) is 3.81. The van der Waals surface area contributed by atoms with E-state index in [4.69, 9.17) is 19.4 Å². The third kappa shape index (κ3) is 9.32. The number of hydrogen-bond acceptors (Lipinski definition) is 6. The van der Waals surface area contributed by atoms with E-state index in [1.54, 1.807) is 22.7 Å². The number of thiophene rings is 2. The maximum absolute atomic E-state index is 6.85. The molecule has 46 heavy (non-hydrogen) atoms. The van der Waals surface area contributed by atoms with Crippen molar-refractivity contribution in [2.45, 2.75) is 117 Å². The Balaban J connectivity index is 1.48. The molecule has 0 radical (unpaired) electrons. The highest BCUT2D eigenvalue weighted by Gasteiger charge is 2.27. The number of hydrogen-bond donors (Lipinski definition) is 0. The minimum atomic E-state index is 0.665. The number of nitrogens with zero attached hydrogens (tertiary/aromatic N) is 2. The van der Waals surface area contributed by atoms with Gasteiger partial charge >= 0.3 is 0 Å². The first kappa shape index (κ1) is 34.4. The second-order valence-electron chi connectivity index (χ2n) is 12.4. The van der Waals surface area contributed by atoms with E-state index in [9.17, 15) is 0 Å². The smallest absolute Gasteiger partial charge is 0.172 e. The van der Waals surface area contributed by atoms with Crippen LogP contribution in [0.15, 0.2) is 59.3 Å². The lowest BCUT2D eigenvalue weighted by Gasteiger charge is -2.21. The molecule has 0 saturated carbocycles. The normalized spacial score (nSPS) is 11.5. The van der Waals surface area contributed by atoms with Crippen molar-refractivity contribution in [3.8, 4) is 32.4 Å². The fraction of sp³-hybridized carbons (Fsp3) is 0.500. The van der Waals surface area contributed by atoms with Crippen LogP contribution in [-0.4, -0.2) is 23.2 Å². The van der Waals surface area contributed by atoms with Crippen molar-refractivity contribution in [1.82, 2.24) is 9.97 Å². The number of unbranched alkanes of at least 4 members (excludes halogenated alkanes) is 14. The fourth-order valence-electron chi connectivity index (χ4n) is 6.19. The first-order valence-corrected chi connectivity index (χ1v) is 19.7. The molecule has 0 saturated heterocycles. The quantitative estimate of drug-likeness (QED) is 0.0549. The molecule has 5 rings (SSSR count). The van der Waals surface area contributed by atoms with Crippen LogP contribution in [0.25, 0.3) is 42.9 Å². The molecule has 0 aliphatic heterocycles. The Morgan fingerprint density at radius 1 is 0.478 bits per heavy atom. The molecule has 4 nitrogen and oxygen atoms in total. The van der Waals surface area contributed by atoms with E-state index < -0.39 is 0 Å². The summed E-state index contributed by atoms with van der Waals surface area (Å²) in [6.45, 7) is 5.88. The van der Waals surface area contributed by atoms with Gasteiger partial charge in [0.05, 0.1) is 35.4 Å². The lowest BCUT2D eigenvalue weighted by Crippen LogP contribution is -2.07. The zero-order chi connectivity index (χ0) is 31.8. The molecule has 0 atom stereocenters. The van der Waals surface area contributed by atoms with E-state index in [1.165, 1.54) is 89.9 Å². The van der Waals surface area contributed by atoms with Gasteiger partial charge in [0, 0.05) is 9.75 Å². The van der Waals surface area contributed by atoms with Crippen molar-refractivity contribution in [3.05, 3.63) is 59.3 Å². The van der Waals surface area contributed by atoms with Crippen molar-refractivity contribution in [2.75, 3.05) is 13.2 Å². The number of ether oxygens (including phenoxy) is 2. The van der Waals surface area contributed by atoms with Crippen LogP contribution in [0.4, 0.5) is 0 Å². The van der Waals surface area contributed by atoms with Crippen LogP contribution >= 0.6 is 22.7 Å². The second-order valence-corrected chi connectivity index (χ2v) is 14.3. The number of aromatic nitrogens is 2. The predicted octanol–water partition coefficient (Wildman–Crippen LogP) is 13.3. The summed E-state index contributed by atoms with van der Waals surface area (Å²) in [4.78, 5) is 12.8. The van der Waals surface area contributed by atoms with Gasteiger partial charge in [-0.15, -0.1) is 22.7 Å². The summed E-state index contributed by atoms with van der Waals surface area (Å²) in [6.07, 6.45) is 20.3. The molecule has 3 aromatic heterocycles. The lowest BCUT2D eigenvalue weighted by molar-refractivity contribution is 0.260. The first-order chi connectivity index (χ1) is 22.8. The molecule has 0 unspecified atom stereocenters. The monoisotopic (exact) mass is 656 g/mol. The highest BCUT2D eigenvalue weighted by Crippen LogP contribution is 2.52. The van der Waals surface area contributed by atoms with Gasteiger partial charge in [-0.25, -0.2) is 9.97 Å². The third-order valence-electron chi connectivity index (χ3n) is 8.73. The molecule has 0 aliphatic rings. The van der Waals surface area contributed by atoms with Crippen LogP contribution in [0.3, 0.4) is 0 Å². The van der Waals surface area contributed by atoms with E-state index >= 15 is 0 Å². The Labute approximate surface area is 284 Å². The van der Waals surface area contributed by atoms with E-state index in [-0.39, 0.29) is 0 Å². The van der Waals surface area contributed by atoms with Gasteiger partial charge in [-0.05, 0) is 47.9 Å². The summed E-state index contributed by atoms with van der Waals surface area (Å²) in [5.74, 6) is 1.65. The van der Waals surface area contributed by atoms with Gasteiger partial charge in [-0.1, -0.05) is 128 Å². The van der Waals surface area contributed by atoms with Crippen LogP contribution in [0, 0.1) is 0 Å². The highest BCUT2D eigenvalue weighted by atomic mass is 32.1. The summed E-state index contributed by atoms with van der Waals surface area (Å²) in [5.41, 5.74) is 5.58. The largest absolute Gasteiger partial charge is 0.489 e. The Bertz CT molecular complexity index is 1460. The summed E-state index contributed by atoms with van der Waals surface area (Å²) >= 11 is 3.44. The zero-order valence-corrected chi connectivity index (χ0v) is 29.7. The molecule has 0 aliphatic carbocycles. The summed E-state index contributed by atoms with van der Waals surface area (Å²) in [5, 5.41) is 4.26. The summed E-state index contributed by atoms with van der Waals surface area (Å²) < 4.78 is 13.7. The SMILES string of the molecule is CCCCCCCCCCOc1c(OCCCCCCCCCC)c(-c2cccs2)c2nc3ccccc3nc2c1-c1cccs1. The van der Waals surface area contributed by atoms with Crippen LogP contribution in [-0.2, 0) is 0 Å². The molecule has 0 amide bonds. The van der Waals surface area contributed by atoms with Crippen LogP contribution in [0.2, 0.25) is 0 Å². The maximum atomic E-state index is 6.85. The van der Waals surface area contributed by atoms with Crippen molar-refractivity contribution >= 4 is 44.7 Å². The van der Waals surface area contributed by atoms with Gasteiger partial charge in [0.15, 0.2) is 11.5 Å². The molecule has 5 aromatic rings. The summed E-state index contributed by atoms with van der Waals surface area (Å²) in [7, 11) is 0. The average molecular weight is 657 g/mol. The molecule has 0 spiro atoms. The topological polar surface area (TPSA) is 44.2 Å². The lowest BCUT2D eigenvalue weighted by atomic mass is 10.0. The van der Waals surface area contributed by atoms with E-state index in [1.807, 2.05) is 12.1 Å². The zero-order valence-electron chi connectivity index (χ0n) is 28.0. The number of fused-ring (bicyclic) bond motifs is 2. The van der Waals surface area contributed by atoms with Gasteiger partial charge in [0.2, 0.25) is 0 Å². The Morgan fingerprint density at radius 3 is 1.24 bits per heavy atom. The van der Waals surface area contributed by atoms with Crippen LogP contribution < -0.4 is 9.47 Å². The van der Waals surface area contributed by atoms with Crippen molar-refractivity contribution in [3.63, 3.8) is 0 Å². The van der Waals surface area contributed by atoms with Crippen molar-refractivity contribution < 1.29 is 9.47 Å². The minimum absolute atomic E-state index is 0.665. The Kier molecular flexibility index (Phi) is 14.2. The van der Waals surface area contributed by atoms with Gasteiger partial charge in [0.25, 0.3) is 0 Å². The van der Waals surface area contributed by atoms with Gasteiger partial charge in [-0.3, -0.25) is 0 Å². The van der Waals surface area contributed by atoms with Gasteiger partial charge in [-0.2, -0.15) is 0 Å². The van der Waals surface area contributed by atoms with Crippen molar-refractivity contribution in [2.24, 2.45) is 0 Å². The maximum Gasteiger partial charge on any atom is 0.172 e. The van der Waals surface area contributed by atoms with E-state index in [2.05, 4.69) is 61.0 Å². The summed E-state index contributed by atoms with van der Waals surface area (Å²) in [6, 6.07) is 16.7. The van der Waals surface area contributed by atoms with Gasteiger partial charge in [0.1, 0.15) is 11.0 Å². The highest BCUT2D eigenvalue weighted by molar-refractivity contribution is 7.14. The fourth-order valence-corrected chi connectivity index (χ4v) is 7.72. The number of rotatable bonds is 22. The number of para-hydroxylation sites is 2. The molecule has 2 aromatic carbocycles. The number of benzene rings is 2.